The van der Waals surface area contributed by atoms with Gasteiger partial charge in [-0.2, -0.15) is 0 Å². The van der Waals surface area contributed by atoms with E-state index in [1.54, 1.807) is 6.07 Å². The number of hydrogen-bond acceptors (Lipinski definition) is 2. The Kier molecular flexibility index (Phi) is 3.90. The largest absolute Gasteiger partial charge is 0.455 e. The molecule has 2 nitrogen and oxygen atoms in total. The molecule has 0 heterocycles. The van der Waals surface area contributed by atoms with Crippen LogP contribution < -0.4 is 10.5 Å². The Morgan fingerprint density at radius 1 is 1.17 bits per heavy atom. The second-order valence-corrected chi connectivity index (χ2v) is 4.71. The number of aryl methyl sites for hydroxylation is 2. The van der Waals surface area contributed by atoms with Crippen LogP contribution in [-0.4, -0.2) is 0 Å². The van der Waals surface area contributed by atoms with Crippen molar-refractivity contribution in [3.63, 3.8) is 0 Å². The molecule has 0 spiro atoms. The van der Waals surface area contributed by atoms with Crippen LogP contribution in [0.25, 0.3) is 0 Å². The molecular formula is C15H16ClNO. The van der Waals surface area contributed by atoms with E-state index >= 15 is 0 Å². The molecular weight excluding hydrogens is 246 g/mol. The average Bonchev–Trinajstić information content (AvgIpc) is 2.36. The Balaban J connectivity index is 2.42. The monoisotopic (exact) mass is 261 g/mol. The Hall–Kier alpha value is -1.51. The highest BCUT2D eigenvalue weighted by Gasteiger charge is 2.10. The molecule has 2 rings (SSSR count). The van der Waals surface area contributed by atoms with E-state index in [2.05, 4.69) is 6.07 Å². The van der Waals surface area contributed by atoms with Crippen LogP contribution >= 0.6 is 11.6 Å². The van der Waals surface area contributed by atoms with Crippen molar-refractivity contribution in [2.24, 2.45) is 5.73 Å². The molecule has 0 radical (unpaired) electrons. The van der Waals surface area contributed by atoms with Gasteiger partial charge < -0.3 is 10.5 Å². The molecule has 0 saturated heterocycles. The van der Waals surface area contributed by atoms with Gasteiger partial charge >= 0.3 is 0 Å². The topological polar surface area (TPSA) is 35.2 Å². The number of ether oxygens (including phenoxy) is 1. The minimum Gasteiger partial charge on any atom is -0.455 e. The summed E-state index contributed by atoms with van der Waals surface area (Å²) in [6, 6.07) is 11.7. The number of rotatable bonds is 3. The molecule has 94 valence electrons. The van der Waals surface area contributed by atoms with Crippen molar-refractivity contribution in [1.29, 1.82) is 0 Å². The molecule has 0 amide bonds. The van der Waals surface area contributed by atoms with Gasteiger partial charge in [-0.3, -0.25) is 0 Å². The fourth-order valence-electron chi connectivity index (χ4n) is 1.76. The third kappa shape index (κ3) is 2.66. The van der Waals surface area contributed by atoms with Crippen LogP contribution in [0.15, 0.2) is 36.4 Å². The molecule has 2 aromatic carbocycles. The van der Waals surface area contributed by atoms with E-state index < -0.39 is 0 Å². The lowest BCUT2D eigenvalue weighted by atomic mass is 10.1. The fraction of sp³-hybridized carbons (Fsp3) is 0.200. The SMILES string of the molecule is Cc1ccc(C)c(Oc2c(Cl)cccc2CN)c1. The van der Waals surface area contributed by atoms with Crippen LogP contribution in [0.3, 0.4) is 0 Å². The van der Waals surface area contributed by atoms with Crippen molar-refractivity contribution in [2.45, 2.75) is 20.4 Å². The average molecular weight is 262 g/mol. The third-order valence-electron chi connectivity index (χ3n) is 2.82. The molecule has 0 aromatic heterocycles. The molecule has 2 aromatic rings. The third-order valence-corrected chi connectivity index (χ3v) is 3.12. The number of para-hydroxylation sites is 1. The Morgan fingerprint density at radius 2 is 1.94 bits per heavy atom. The van der Waals surface area contributed by atoms with Crippen molar-refractivity contribution in [3.8, 4) is 11.5 Å². The lowest BCUT2D eigenvalue weighted by Crippen LogP contribution is -2.00. The minimum atomic E-state index is 0.404. The zero-order valence-electron chi connectivity index (χ0n) is 10.5. The summed E-state index contributed by atoms with van der Waals surface area (Å²) in [7, 11) is 0. The summed E-state index contributed by atoms with van der Waals surface area (Å²) in [6.45, 7) is 4.44. The Morgan fingerprint density at radius 3 is 2.67 bits per heavy atom. The van der Waals surface area contributed by atoms with Gasteiger partial charge in [0, 0.05) is 12.1 Å². The predicted octanol–water partition coefficient (Wildman–Crippen LogP) is 4.21. The van der Waals surface area contributed by atoms with E-state index in [0.717, 1.165) is 22.4 Å². The van der Waals surface area contributed by atoms with E-state index in [-0.39, 0.29) is 0 Å². The number of halogens is 1. The lowest BCUT2D eigenvalue weighted by molar-refractivity contribution is 0.472. The first-order valence-corrected chi connectivity index (χ1v) is 6.22. The first-order valence-electron chi connectivity index (χ1n) is 5.84. The van der Waals surface area contributed by atoms with Crippen molar-refractivity contribution >= 4 is 11.6 Å². The smallest absolute Gasteiger partial charge is 0.150 e. The summed E-state index contributed by atoms with van der Waals surface area (Å²) < 4.78 is 5.93. The van der Waals surface area contributed by atoms with Crippen molar-refractivity contribution < 1.29 is 4.74 Å². The maximum atomic E-state index is 6.17. The summed E-state index contributed by atoms with van der Waals surface area (Å²) in [5, 5.41) is 0.582. The summed E-state index contributed by atoms with van der Waals surface area (Å²) in [6.07, 6.45) is 0. The van der Waals surface area contributed by atoms with Gasteiger partial charge in [0.2, 0.25) is 0 Å². The Labute approximate surface area is 112 Å². The standard InChI is InChI=1S/C15H16ClNO/c1-10-6-7-11(2)14(8-10)18-15-12(9-17)4-3-5-13(15)16/h3-8H,9,17H2,1-2H3. The van der Waals surface area contributed by atoms with Crippen LogP contribution in [0.1, 0.15) is 16.7 Å². The van der Waals surface area contributed by atoms with Crippen LogP contribution in [0.4, 0.5) is 0 Å². The zero-order valence-corrected chi connectivity index (χ0v) is 11.3. The van der Waals surface area contributed by atoms with Gasteiger partial charge in [-0.15, -0.1) is 0 Å². The number of hydrogen-bond donors (Lipinski definition) is 1. The summed E-state index contributed by atoms with van der Waals surface area (Å²) in [5.41, 5.74) is 8.83. The molecule has 0 saturated carbocycles. The van der Waals surface area contributed by atoms with Crippen molar-refractivity contribution in [3.05, 3.63) is 58.1 Å². The molecule has 0 unspecified atom stereocenters. The molecule has 0 fully saturated rings. The van der Waals surface area contributed by atoms with E-state index in [4.69, 9.17) is 22.1 Å². The Bertz CT molecular complexity index is 566. The second kappa shape index (κ2) is 5.42. The predicted molar refractivity (Wildman–Crippen MR) is 75.3 cm³/mol. The van der Waals surface area contributed by atoms with Gasteiger partial charge in [0.15, 0.2) is 0 Å². The van der Waals surface area contributed by atoms with Crippen LogP contribution in [0.5, 0.6) is 11.5 Å². The highest BCUT2D eigenvalue weighted by Crippen LogP contribution is 2.34. The summed E-state index contributed by atoms with van der Waals surface area (Å²) >= 11 is 6.17. The first-order chi connectivity index (χ1) is 8.61. The minimum absolute atomic E-state index is 0.404. The number of benzene rings is 2. The lowest BCUT2D eigenvalue weighted by Gasteiger charge is -2.14. The summed E-state index contributed by atoms with van der Waals surface area (Å²) in [4.78, 5) is 0. The molecule has 0 aliphatic carbocycles. The second-order valence-electron chi connectivity index (χ2n) is 4.30. The molecule has 0 aliphatic rings. The van der Waals surface area contributed by atoms with Crippen LogP contribution in [0, 0.1) is 13.8 Å². The quantitative estimate of drug-likeness (QED) is 0.898. The van der Waals surface area contributed by atoms with E-state index in [9.17, 15) is 0 Å². The first kappa shape index (κ1) is 12.9. The fourth-order valence-corrected chi connectivity index (χ4v) is 1.99. The maximum Gasteiger partial charge on any atom is 0.150 e. The van der Waals surface area contributed by atoms with Gasteiger partial charge in [-0.1, -0.05) is 35.9 Å². The zero-order chi connectivity index (χ0) is 13.1. The number of nitrogens with two attached hydrogens (primary N) is 1. The molecule has 18 heavy (non-hydrogen) atoms. The molecule has 0 aliphatic heterocycles. The van der Waals surface area contributed by atoms with Gasteiger partial charge in [0.1, 0.15) is 11.5 Å². The highest BCUT2D eigenvalue weighted by atomic mass is 35.5. The molecule has 0 atom stereocenters. The van der Waals surface area contributed by atoms with E-state index in [1.807, 2.05) is 38.1 Å². The van der Waals surface area contributed by atoms with Gasteiger partial charge in [0.05, 0.1) is 5.02 Å². The van der Waals surface area contributed by atoms with Gasteiger partial charge in [0.25, 0.3) is 0 Å². The highest BCUT2D eigenvalue weighted by molar-refractivity contribution is 6.32. The van der Waals surface area contributed by atoms with Crippen LogP contribution in [0.2, 0.25) is 5.02 Å². The van der Waals surface area contributed by atoms with Gasteiger partial charge in [-0.05, 0) is 37.1 Å². The molecule has 2 N–H and O–H groups in total. The maximum absolute atomic E-state index is 6.17. The van der Waals surface area contributed by atoms with Crippen molar-refractivity contribution in [2.75, 3.05) is 0 Å². The van der Waals surface area contributed by atoms with E-state index in [1.165, 1.54) is 0 Å². The van der Waals surface area contributed by atoms with Crippen LogP contribution in [-0.2, 0) is 6.54 Å². The van der Waals surface area contributed by atoms with Crippen molar-refractivity contribution in [1.82, 2.24) is 0 Å². The summed E-state index contributed by atoms with van der Waals surface area (Å²) in [5.74, 6) is 1.47. The van der Waals surface area contributed by atoms with Gasteiger partial charge in [-0.25, -0.2) is 0 Å². The molecule has 3 heteroatoms. The normalized spacial score (nSPS) is 10.4. The van der Waals surface area contributed by atoms with E-state index in [0.29, 0.717) is 17.3 Å². The molecule has 0 bridgehead atoms.